The summed E-state index contributed by atoms with van der Waals surface area (Å²) in [7, 11) is 0. The maximum absolute atomic E-state index is 12.1. The van der Waals surface area contributed by atoms with Crippen LogP contribution < -0.4 is 15.8 Å². The predicted octanol–water partition coefficient (Wildman–Crippen LogP) is 2.11. The van der Waals surface area contributed by atoms with Gasteiger partial charge in [-0.25, -0.2) is 0 Å². The molecule has 2 amide bonds. The van der Waals surface area contributed by atoms with E-state index in [0.717, 1.165) is 12.8 Å². The molecule has 1 atom stereocenters. The zero-order valence-corrected chi connectivity index (χ0v) is 12.9. The van der Waals surface area contributed by atoms with E-state index in [2.05, 4.69) is 19.2 Å². The molecule has 0 saturated carbocycles. The fraction of sp³-hybridized carbons (Fsp3) is 0.500. The lowest BCUT2D eigenvalue weighted by Gasteiger charge is -2.15. The van der Waals surface area contributed by atoms with E-state index in [4.69, 9.17) is 10.5 Å². The number of amides is 2. The number of primary amides is 1. The maximum atomic E-state index is 12.1. The van der Waals surface area contributed by atoms with E-state index in [1.165, 1.54) is 0 Å². The first-order valence-corrected chi connectivity index (χ1v) is 7.20. The third-order valence-corrected chi connectivity index (χ3v) is 3.03. The molecule has 0 spiro atoms. The summed E-state index contributed by atoms with van der Waals surface area (Å²) in [5, 5.41) is 2.96. The monoisotopic (exact) mass is 292 g/mol. The maximum Gasteiger partial charge on any atom is 0.255 e. The van der Waals surface area contributed by atoms with E-state index >= 15 is 0 Å². The van der Waals surface area contributed by atoms with Gasteiger partial charge in [-0.1, -0.05) is 19.9 Å². The Morgan fingerprint density at radius 1 is 1.24 bits per heavy atom. The van der Waals surface area contributed by atoms with E-state index in [1.807, 2.05) is 6.92 Å². The SMILES string of the molecule is CC(C)CC[C@@H](C)NC(=O)c1cccc(OCC(N)=O)c1. The number of nitrogens with two attached hydrogens (primary N) is 1. The molecule has 0 aliphatic heterocycles. The molecule has 5 nitrogen and oxygen atoms in total. The standard InChI is InChI=1S/C16H24N2O3/c1-11(2)7-8-12(3)18-16(20)13-5-4-6-14(9-13)21-10-15(17)19/h4-6,9,11-12H,7-8,10H2,1-3H3,(H2,17,19)(H,18,20)/t12-/m1/s1. The Kier molecular flexibility index (Phi) is 6.72. The molecule has 1 aromatic rings. The van der Waals surface area contributed by atoms with Gasteiger partial charge in [0.2, 0.25) is 0 Å². The van der Waals surface area contributed by atoms with Crippen molar-refractivity contribution in [1.29, 1.82) is 0 Å². The minimum atomic E-state index is -0.549. The molecule has 0 fully saturated rings. The van der Waals surface area contributed by atoms with Crippen LogP contribution in [0.4, 0.5) is 0 Å². The summed E-state index contributed by atoms with van der Waals surface area (Å²) in [5.41, 5.74) is 5.53. The van der Waals surface area contributed by atoms with Crippen molar-refractivity contribution in [3.63, 3.8) is 0 Å². The number of carbonyl (C=O) groups is 2. The van der Waals surface area contributed by atoms with Gasteiger partial charge in [0.15, 0.2) is 6.61 Å². The smallest absolute Gasteiger partial charge is 0.255 e. The Labute approximate surface area is 125 Å². The lowest BCUT2D eigenvalue weighted by Crippen LogP contribution is -2.32. The number of rotatable bonds is 8. The van der Waals surface area contributed by atoms with Gasteiger partial charge >= 0.3 is 0 Å². The number of benzene rings is 1. The first kappa shape index (κ1) is 17.0. The second-order valence-electron chi connectivity index (χ2n) is 5.63. The van der Waals surface area contributed by atoms with Crippen LogP contribution in [0, 0.1) is 5.92 Å². The Morgan fingerprint density at radius 3 is 2.57 bits per heavy atom. The van der Waals surface area contributed by atoms with Gasteiger partial charge in [0.25, 0.3) is 11.8 Å². The fourth-order valence-electron chi connectivity index (χ4n) is 1.84. The number of carbonyl (C=O) groups excluding carboxylic acids is 2. The van der Waals surface area contributed by atoms with E-state index in [-0.39, 0.29) is 18.6 Å². The molecule has 21 heavy (non-hydrogen) atoms. The van der Waals surface area contributed by atoms with Gasteiger partial charge in [-0.2, -0.15) is 0 Å². The average Bonchev–Trinajstić information content (AvgIpc) is 2.43. The molecule has 0 saturated heterocycles. The second-order valence-corrected chi connectivity index (χ2v) is 5.63. The third-order valence-electron chi connectivity index (χ3n) is 3.03. The molecule has 5 heteroatoms. The van der Waals surface area contributed by atoms with Crippen LogP contribution in [0.3, 0.4) is 0 Å². The van der Waals surface area contributed by atoms with E-state index in [0.29, 0.717) is 17.2 Å². The summed E-state index contributed by atoms with van der Waals surface area (Å²) in [5.74, 6) is 0.383. The van der Waals surface area contributed by atoms with Crippen LogP contribution in [0.1, 0.15) is 44.0 Å². The number of hydrogen-bond donors (Lipinski definition) is 2. The Bertz CT molecular complexity index is 486. The zero-order chi connectivity index (χ0) is 15.8. The molecule has 0 heterocycles. The molecule has 0 aromatic heterocycles. The van der Waals surface area contributed by atoms with Crippen molar-refractivity contribution in [2.75, 3.05) is 6.61 Å². The highest BCUT2D eigenvalue weighted by atomic mass is 16.5. The van der Waals surface area contributed by atoms with Crippen molar-refractivity contribution >= 4 is 11.8 Å². The summed E-state index contributed by atoms with van der Waals surface area (Å²) in [6, 6.07) is 6.83. The van der Waals surface area contributed by atoms with E-state index in [9.17, 15) is 9.59 Å². The number of ether oxygens (including phenoxy) is 1. The van der Waals surface area contributed by atoms with Crippen molar-refractivity contribution in [1.82, 2.24) is 5.32 Å². The van der Waals surface area contributed by atoms with E-state index < -0.39 is 5.91 Å². The van der Waals surface area contributed by atoms with Crippen molar-refractivity contribution in [2.45, 2.75) is 39.7 Å². The molecule has 0 radical (unpaired) electrons. The second kappa shape index (κ2) is 8.29. The predicted molar refractivity (Wildman–Crippen MR) is 82.1 cm³/mol. The van der Waals surface area contributed by atoms with Gasteiger partial charge in [0.05, 0.1) is 0 Å². The first-order valence-electron chi connectivity index (χ1n) is 7.20. The molecule has 1 aromatic carbocycles. The lowest BCUT2D eigenvalue weighted by molar-refractivity contribution is -0.119. The molecular weight excluding hydrogens is 268 g/mol. The third kappa shape index (κ3) is 6.79. The van der Waals surface area contributed by atoms with Gasteiger partial charge in [-0.15, -0.1) is 0 Å². The van der Waals surface area contributed by atoms with Crippen LogP contribution in [0.5, 0.6) is 5.75 Å². The van der Waals surface area contributed by atoms with Crippen molar-refractivity contribution in [2.24, 2.45) is 11.7 Å². The highest BCUT2D eigenvalue weighted by Gasteiger charge is 2.11. The van der Waals surface area contributed by atoms with Crippen LogP contribution in [0.15, 0.2) is 24.3 Å². The number of nitrogens with one attached hydrogen (secondary N) is 1. The van der Waals surface area contributed by atoms with Gasteiger partial charge in [0.1, 0.15) is 5.75 Å². The molecule has 116 valence electrons. The van der Waals surface area contributed by atoms with Crippen LogP contribution in [0.2, 0.25) is 0 Å². The van der Waals surface area contributed by atoms with Crippen LogP contribution >= 0.6 is 0 Å². The van der Waals surface area contributed by atoms with Gasteiger partial charge in [-0.3, -0.25) is 9.59 Å². The van der Waals surface area contributed by atoms with Crippen LogP contribution in [-0.4, -0.2) is 24.5 Å². The topological polar surface area (TPSA) is 81.4 Å². The normalized spacial score (nSPS) is 12.0. The van der Waals surface area contributed by atoms with Gasteiger partial charge in [0, 0.05) is 11.6 Å². The molecule has 0 bridgehead atoms. The summed E-state index contributed by atoms with van der Waals surface area (Å²) < 4.78 is 5.19. The lowest BCUT2D eigenvalue weighted by atomic mass is 10.0. The highest BCUT2D eigenvalue weighted by molar-refractivity contribution is 5.94. The molecule has 3 N–H and O–H groups in total. The number of hydrogen-bond acceptors (Lipinski definition) is 3. The average molecular weight is 292 g/mol. The largest absolute Gasteiger partial charge is 0.484 e. The highest BCUT2D eigenvalue weighted by Crippen LogP contribution is 2.14. The van der Waals surface area contributed by atoms with E-state index in [1.54, 1.807) is 24.3 Å². The first-order chi connectivity index (χ1) is 9.88. The molecular formula is C16H24N2O3. The molecule has 1 rings (SSSR count). The van der Waals surface area contributed by atoms with Crippen molar-refractivity contribution in [3.05, 3.63) is 29.8 Å². The quantitative estimate of drug-likeness (QED) is 0.770. The fourth-order valence-corrected chi connectivity index (χ4v) is 1.84. The molecule has 0 aliphatic rings. The summed E-state index contributed by atoms with van der Waals surface area (Å²) in [6.07, 6.45) is 2.02. The minimum Gasteiger partial charge on any atom is -0.484 e. The molecule has 0 unspecified atom stereocenters. The minimum absolute atomic E-state index is 0.120. The summed E-state index contributed by atoms with van der Waals surface area (Å²) in [4.78, 5) is 22.8. The Hall–Kier alpha value is -2.04. The van der Waals surface area contributed by atoms with Crippen molar-refractivity contribution < 1.29 is 14.3 Å². The van der Waals surface area contributed by atoms with Crippen LogP contribution in [0.25, 0.3) is 0 Å². The zero-order valence-electron chi connectivity index (χ0n) is 12.9. The Morgan fingerprint density at radius 2 is 1.95 bits per heavy atom. The molecule has 0 aliphatic carbocycles. The van der Waals surface area contributed by atoms with Gasteiger partial charge < -0.3 is 15.8 Å². The Balaban J connectivity index is 2.57. The van der Waals surface area contributed by atoms with Gasteiger partial charge in [-0.05, 0) is 43.9 Å². The van der Waals surface area contributed by atoms with Crippen molar-refractivity contribution in [3.8, 4) is 5.75 Å². The summed E-state index contributed by atoms with van der Waals surface area (Å²) >= 11 is 0. The summed E-state index contributed by atoms with van der Waals surface area (Å²) in [6.45, 7) is 6.12. The van der Waals surface area contributed by atoms with Crippen LogP contribution in [-0.2, 0) is 4.79 Å².